The number of nitrogens with one attached hydrogen (secondary N) is 2. The molecule has 0 fully saturated rings. The Labute approximate surface area is 124 Å². The van der Waals surface area contributed by atoms with E-state index in [1.807, 2.05) is 24.4 Å². The smallest absolute Gasteiger partial charge is 0.328 e. The Morgan fingerprint density at radius 1 is 1.45 bits per heavy atom. The quantitative estimate of drug-likeness (QED) is 0.839. The summed E-state index contributed by atoms with van der Waals surface area (Å²) in [4.78, 5) is 26.1. The van der Waals surface area contributed by atoms with Crippen LogP contribution in [0.4, 0.5) is 0 Å². The van der Waals surface area contributed by atoms with E-state index in [9.17, 15) is 9.59 Å². The highest BCUT2D eigenvalue weighted by molar-refractivity contribution is 9.10. The number of ether oxygens (including phenoxy) is 1. The van der Waals surface area contributed by atoms with Crippen molar-refractivity contribution in [1.29, 1.82) is 0 Å². The van der Waals surface area contributed by atoms with Crippen LogP contribution in [0.3, 0.4) is 0 Å². The molecule has 2 aromatic rings. The number of rotatable bonds is 4. The van der Waals surface area contributed by atoms with Crippen molar-refractivity contribution in [3.05, 3.63) is 34.4 Å². The first-order chi connectivity index (χ1) is 9.51. The number of aromatic nitrogens is 1. The minimum absolute atomic E-state index is 0.263. The highest BCUT2D eigenvalue weighted by atomic mass is 79.9. The second-order valence-electron chi connectivity index (χ2n) is 4.48. The third-order valence-electron chi connectivity index (χ3n) is 3.02. The molecule has 1 aromatic carbocycles. The van der Waals surface area contributed by atoms with Gasteiger partial charge in [0.05, 0.1) is 7.11 Å². The summed E-state index contributed by atoms with van der Waals surface area (Å²) in [5, 5.41) is 3.62. The van der Waals surface area contributed by atoms with Crippen LogP contribution >= 0.6 is 15.9 Å². The van der Waals surface area contributed by atoms with Crippen molar-refractivity contribution >= 4 is 38.7 Å². The Hall–Kier alpha value is -1.82. The molecule has 1 amide bonds. The molecule has 106 valence electrons. The number of fused-ring (bicyclic) bond motifs is 1. The van der Waals surface area contributed by atoms with Gasteiger partial charge in [-0.25, -0.2) is 4.79 Å². The van der Waals surface area contributed by atoms with Crippen LogP contribution in [0, 0.1) is 0 Å². The molecule has 0 aliphatic carbocycles. The summed E-state index contributed by atoms with van der Waals surface area (Å²) >= 11 is 3.43. The summed E-state index contributed by atoms with van der Waals surface area (Å²) < 4.78 is 5.68. The van der Waals surface area contributed by atoms with E-state index < -0.39 is 12.0 Å². The van der Waals surface area contributed by atoms with Gasteiger partial charge in [-0.1, -0.05) is 15.9 Å². The monoisotopic (exact) mass is 338 g/mol. The highest BCUT2D eigenvalue weighted by Gasteiger charge is 2.22. The van der Waals surface area contributed by atoms with E-state index in [1.54, 1.807) is 0 Å². The van der Waals surface area contributed by atoms with Gasteiger partial charge in [0.1, 0.15) is 6.04 Å². The van der Waals surface area contributed by atoms with Gasteiger partial charge in [0.2, 0.25) is 5.91 Å². The van der Waals surface area contributed by atoms with Crippen molar-refractivity contribution in [2.45, 2.75) is 19.4 Å². The van der Waals surface area contributed by atoms with E-state index in [-0.39, 0.29) is 5.91 Å². The molecule has 0 aliphatic rings. The maximum Gasteiger partial charge on any atom is 0.328 e. The standard InChI is InChI=1S/C14H15BrN2O3/c1-8(18)17-13(14(19)20-2)5-9-7-16-12-4-3-10(15)6-11(9)12/h3-4,6-7,13,16H,5H2,1-2H3,(H,17,18)/t13-/m0/s1. The minimum atomic E-state index is -0.685. The van der Waals surface area contributed by atoms with Crippen molar-refractivity contribution in [2.75, 3.05) is 7.11 Å². The van der Waals surface area contributed by atoms with Crippen LogP contribution in [-0.4, -0.2) is 30.0 Å². The molecule has 0 radical (unpaired) electrons. The summed E-state index contributed by atoms with van der Waals surface area (Å²) in [5.41, 5.74) is 1.93. The largest absolute Gasteiger partial charge is 0.467 e. The third kappa shape index (κ3) is 3.19. The molecule has 2 rings (SSSR count). The maximum atomic E-state index is 11.7. The van der Waals surface area contributed by atoms with Gasteiger partial charge in [0.25, 0.3) is 0 Å². The zero-order valence-electron chi connectivity index (χ0n) is 11.2. The number of carbonyl (C=O) groups excluding carboxylic acids is 2. The Kier molecular flexibility index (Phi) is 4.44. The van der Waals surface area contributed by atoms with Gasteiger partial charge >= 0.3 is 5.97 Å². The summed E-state index contributed by atoms with van der Waals surface area (Å²) in [7, 11) is 1.31. The molecule has 1 atom stereocenters. The van der Waals surface area contributed by atoms with Crippen LogP contribution in [0.1, 0.15) is 12.5 Å². The molecule has 5 nitrogen and oxygen atoms in total. The second kappa shape index (κ2) is 6.09. The van der Waals surface area contributed by atoms with Gasteiger partial charge in [0, 0.05) is 34.9 Å². The summed E-state index contributed by atoms with van der Waals surface area (Å²) in [6.07, 6.45) is 2.22. The van der Waals surface area contributed by atoms with Crippen LogP contribution in [0.2, 0.25) is 0 Å². The predicted molar refractivity (Wildman–Crippen MR) is 79.3 cm³/mol. The van der Waals surface area contributed by atoms with E-state index in [2.05, 4.69) is 26.2 Å². The summed E-state index contributed by atoms with van der Waals surface area (Å²) in [5.74, 6) is -0.717. The zero-order valence-corrected chi connectivity index (χ0v) is 12.8. The lowest BCUT2D eigenvalue weighted by molar-refractivity contribution is -0.144. The number of hydrogen-bond acceptors (Lipinski definition) is 3. The lowest BCUT2D eigenvalue weighted by Crippen LogP contribution is -2.41. The molecule has 0 spiro atoms. The predicted octanol–water partition coefficient (Wildman–Crippen LogP) is 2.15. The maximum absolute atomic E-state index is 11.7. The minimum Gasteiger partial charge on any atom is -0.467 e. The molecule has 0 saturated carbocycles. The lowest BCUT2D eigenvalue weighted by Gasteiger charge is -2.14. The van der Waals surface area contributed by atoms with Crippen LogP contribution < -0.4 is 5.32 Å². The number of benzene rings is 1. The molecular formula is C14H15BrN2O3. The number of aromatic amines is 1. The third-order valence-corrected chi connectivity index (χ3v) is 3.51. The van der Waals surface area contributed by atoms with E-state index in [1.165, 1.54) is 14.0 Å². The lowest BCUT2D eigenvalue weighted by atomic mass is 10.0. The molecule has 20 heavy (non-hydrogen) atoms. The fourth-order valence-electron chi connectivity index (χ4n) is 2.12. The number of hydrogen-bond donors (Lipinski definition) is 2. The number of halogens is 1. The van der Waals surface area contributed by atoms with Gasteiger partial charge in [0.15, 0.2) is 0 Å². The summed E-state index contributed by atoms with van der Waals surface area (Å²) in [6.45, 7) is 1.38. The SMILES string of the molecule is COC(=O)[C@H](Cc1c[nH]c2ccc(Br)cc12)NC(C)=O. The average molecular weight is 339 g/mol. The Bertz CT molecular complexity index is 651. The van der Waals surface area contributed by atoms with Crippen LogP contribution in [-0.2, 0) is 20.7 Å². The van der Waals surface area contributed by atoms with Crippen molar-refractivity contribution in [3.8, 4) is 0 Å². The van der Waals surface area contributed by atoms with Crippen molar-refractivity contribution in [2.24, 2.45) is 0 Å². The molecule has 0 bridgehead atoms. The van der Waals surface area contributed by atoms with Gasteiger partial charge in [-0.15, -0.1) is 0 Å². The number of carbonyl (C=O) groups is 2. The van der Waals surface area contributed by atoms with Crippen molar-refractivity contribution < 1.29 is 14.3 Å². The van der Waals surface area contributed by atoms with Crippen LogP contribution in [0.5, 0.6) is 0 Å². The molecule has 1 aromatic heterocycles. The van der Waals surface area contributed by atoms with Crippen LogP contribution in [0.15, 0.2) is 28.9 Å². The highest BCUT2D eigenvalue weighted by Crippen LogP contribution is 2.23. The Morgan fingerprint density at radius 3 is 2.85 bits per heavy atom. The Morgan fingerprint density at radius 2 is 2.20 bits per heavy atom. The molecular weight excluding hydrogens is 324 g/mol. The van der Waals surface area contributed by atoms with E-state index in [0.717, 1.165) is 20.9 Å². The topological polar surface area (TPSA) is 71.2 Å². The van der Waals surface area contributed by atoms with E-state index in [0.29, 0.717) is 6.42 Å². The molecule has 0 aliphatic heterocycles. The first kappa shape index (κ1) is 14.6. The molecule has 6 heteroatoms. The number of H-pyrrole nitrogens is 1. The first-order valence-electron chi connectivity index (χ1n) is 6.11. The van der Waals surface area contributed by atoms with Gasteiger partial charge in [-0.2, -0.15) is 0 Å². The van der Waals surface area contributed by atoms with Crippen molar-refractivity contribution in [1.82, 2.24) is 10.3 Å². The van der Waals surface area contributed by atoms with Gasteiger partial charge in [-0.05, 0) is 23.8 Å². The molecule has 1 heterocycles. The number of methoxy groups -OCH3 is 1. The zero-order chi connectivity index (χ0) is 14.7. The average Bonchev–Trinajstić information content (AvgIpc) is 2.79. The molecule has 2 N–H and O–H groups in total. The van der Waals surface area contributed by atoms with Gasteiger partial charge in [-0.3, -0.25) is 4.79 Å². The molecule has 0 saturated heterocycles. The fraction of sp³-hybridized carbons (Fsp3) is 0.286. The van der Waals surface area contributed by atoms with Crippen molar-refractivity contribution in [3.63, 3.8) is 0 Å². The number of esters is 1. The van der Waals surface area contributed by atoms with Gasteiger partial charge < -0.3 is 15.0 Å². The van der Waals surface area contributed by atoms with E-state index >= 15 is 0 Å². The fourth-order valence-corrected chi connectivity index (χ4v) is 2.48. The van der Waals surface area contributed by atoms with Crippen LogP contribution in [0.25, 0.3) is 10.9 Å². The normalized spacial score (nSPS) is 12.2. The Balaban J connectivity index is 2.30. The second-order valence-corrected chi connectivity index (χ2v) is 5.40. The molecule has 0 unspecified atom stereocenters. The number of amides is 1. The first-order valence-corrected chi connectivity index (χ1v) is 6.91. The summed E-state index contributed by atoms with van der Waals surface area (Å²) in [6, 6.07) is 5.18. The van der Waals surface area contributed by atoms with E-state index in [4.69, 9.17) is 4.74 Å².